The number of phenols is 1. The minimum absolute atomic E-state index is 0.148. The fourth-order valence-corrected chi connectivity index (χ4v) is 3.94. The third-order valence-electron chi connectivity index (χ3n) is 5.27. The maximum atomic E-state index is 13.3. The molecular weight excluding hydrogens is 382 g/mol. The van der Waals surface area contributed by atoms with Crippen LogP contribution < -0.4 is 4.74 Å². The van der Waals surface area contributed by atoms with Crippen molar-refractivity contribution in [2.75, 3.05) is 13.2 Å². The Labute approximate surface area is 166 Å². The Morgan fingerprint density at radius 2 is 2.00 bits per heavy atom. The first-order chi connectivity index (χ1) is 13.2. The normalized spacial score (nSPS) is 16.0. The SMILES string of the molecule is CC1(C)c2cc(OCC(O)CO)c(O)cc2C(=O)c2c1[nH]c1cc(Cl)ccc21. The molecule has 4 N–H and O–H groups in total. The molecule has 0 aliphatic heterocycles. The molecule has 1 unspecified atom stereocenters. The number of aliphatic hydroxyl groups is 2. The Bertz CT molecular complexity index is 1100. The maximum absolute atomic E-state index is 13.3. The molecule has 4 rings (SSSR count). The fraction of sp³-hybridized carbons (Fsp3) is 0.286. The van der Waals surface area contributed by atoms with Gasteiger partial charge in [0.1, 0.15) is 12.7 Å². The van der Waals surface area contributed by atoms with E-state index in [1.54, 1.807) is 18.2 Å². The molecule has 1 aromatic heterocycles. The van der Waals surface area contributed by atoms with Crippen LogP contribution in [-0.4, -0.2) is 45.4 Å². The van der Waals surface area contributed by atoms with Crippen LogP contribution in [0, 0.1) is 0 Å². The summed E-state index contributed by atoms with van der Waals surface area (Å²) in [7, 11) is 0. The van der Waals surface area contributed by atoms with Gasteiger partial charge in [-0.05, 0) is 29.8 Å². The van der Waals surface area contributed by atoms with Gasteiger partial charge in [0.05, 0.1) is 12.2 Å². The Morgan fingerprint density at radius 3 is 2.71 bits per heavy atom. The van der Waals surface area contributed by atoms with Crippen LogP contribution in [0.15, 0.2) is 30.3 Å². The zero-order valence-electron chi connectivity index (χ0n) is 15.4. The number of hydrogen-bond acceptors (Lipinski definition) is 5. The predicted molar refractivity (Wildman–Crippen MR) is 106 cm³/mol. The first-order valence-corrected chi connectivity index (χ1v) is 9.27. The summed E-state index contributed by atoms with van der Waals surface area (Å²) in [5.41, 5.74) is 2.67. The fourth-order valence-electron chi connectivity index (χ4n) is 3.77. The number of carbonyl (C=O) groups is 1. The summed E-state index contributed by atoms with van der Waals surface area (Å²) in [6.07, 6.45) is -1.06. The average molecular weight is 402 g/mol. The number of H-pyrrole nitrogens is 1. The van der Waals surface area contributed by atoms with Gasteiger partial charge in [-0.1, -0.05) is 31.5 Å². The lowest BCUT2D eigenvalue weighted by Crippen LogP contribution is -2.30. The maximum Gasteiger partial charge on any atom is 0.195 e. The smallest absolute Gasteiger partial charge is 0.195 e. The van der Waals surface area contributed by atoms with E-state index >= 15 is 0 Å². The summed E-state index contributed by atoms with van der Waals surface area (Å²) in [4.78, 5) is 16.6. The molecule has 2 aromatic carbocycles. The number of phenolic OH excluding ortho intramolecular Hbond substituents is 1. The predicted octanol–water partition coefficient (Wildman–Crippen LogP) is 3.13. The molecule has 1 atom stereocenters. The van der Waals surface area contributed by atoms with Crippen molar-refractivity contribution in [1.82, 2.24) is 4.98 Å². The number of ether oxygens (including phenoxy) is 1. The van der Waals surface area contributed by atoms with Crippen molar-refractivity contribution in [2.45, 2.75) is 25.4 Å². The highest BCUT2D eigenvalue weighted by Crippen LogP contribution is 2.46. The molecule has 0 spiro atoms. The molecule has 0 radical (unpaired) electrons. The number of benzene rings is 2. The van der Waals surface area contributed by atoms with Gasteiger partial charge in [-0.15, -0.1) is 0 Å². The van der Waals surface area contributed by atoms with E-state index in [4.69, 9.17) is 21.4 Å². The van der Waals surface area contributed by atoms with Crippen LogP contribution in [0.3, 0.4) is 0 Å². The molecule has 0 saturated carbocycles. The molecule has 1 aliphatic carbocycles. The lowest BCUT2D eigenvalue weighted by Gasteiger charge is -2.32. The Hall–Kier alpha value is -2.54. The van der Waals surface area contributed by atoms with Gasteiger partial charge in [0, 0.05) is 32.6 Å². The van der Waals surface area contributed by atoms with Crippen molar-refractivity contribution < 1.29 is 24.9 Å². The summed E-state index contributed by atoms with van der Waals surface area (Å²) in [5, 5.41) is 30.1. The van der Waals surface area contributed by atoms with Gasteiger partial charge in [-0.3, -0.25) is 4.79 Å². The van der Waals surface area contributed by atoms with Gasteiger partial charge in [-0.25, -0.2) is 0 Å². The van der Waals surface area contributed by atoms with E-state index in [0.717, 1.165) is 16.6 Å². The second-order valence-corrected chi connectivity index (χ2v) is 7.97. The number of rotatable bonds is 4. The van der Waals surface area contributed by atoms with Crippen molar-refractivity contribution in [3.05, 3.63) is 57.7 Å². The molecule has 28 heavy (non-hydrogen) atoms. The molecule has 0 saturated heterocycles. The number of aromatic nitrogens is 1. The molecule has 0 amide bonds. The molecule has 1 aliphatic rings. The number of fused-ring (bicyclic) bond motifs is 4. The van der Waals surface area contributed by atoms with Crippen LogP contribution in [0.2, 0.25) is 5.02 Å². The molecule has 0 fully saturated rings. The van der Waals surface area contributed by atoms with Crippen LogP contribution in [0.25, 0.3) is 10.9 Å². The standard InChI is InChI=1S/C21H20ClNO5/c1-21(2)14-7-17(28-9-11(25)8-24)16(26)6-13(14)19(27)18-12-4-3-10(22)5-15(12)23-20(18)21/h3-7,11,23-26H,8-9H2,1-2H3. The number of aromatic hydroxyl groups is 1. The van der Waals surface area contributed by atoms with Crippen molar-refractivity contribution in [3.8, 4) is 11.5 Å². The Morgan fingerprint density at radius 1 is 1.25 bits per heavy atom. The quantitative estimate of drug-likeness (QED) is 0.538. The number of hydrogen-bond donors (Lipinski definition) is 4. The van der Waals surface area contributed by atoms with Crippen molar-refractivity contribution in [1.29, 1.82) is 0 Å². The topological polar surface area (TPSA) is 103 Å². The van der Waals surface area contributed by atoms with E-state index in [0.29, 0.717) is 21.7 Å². The van der Waals surface area contributed by atoms with Crippen LogP contribution in [0.4, 0.5) is 0 Å². The minimum atomic E-state index is -1.06. The molecule has 1 heterocycles. The number of carbonyl (C=O) groups excluding carboxylic acids is 1. The first kappa shape index (κ1) is 18.8. The van der Waals surface area contributed by atoms with E-state index in [2.05, 4.69) is 4.98 Å². The Kier molecular flexibility index (Phi) is 4.38. The zero-order chi connectivity index (χ0) is 20.2. The largest absolute Gasteiger partial charge is 0.504 e. The molecule has 6 nitrogen and oxygen atoms in total. The Balaban J connectivity index is 1.87. The van der Waals surface area contributed by atoms with E-state index in [9.17, 15) is 15.0 Å². The molecule has 3 aromatic rings. The van der Waals surface area contributed by atoms with Crippen LogP contribution >= 0.6 is 11.6 Å². The highest BCUT2D eigenvalue weighted by atomic mass is 35.5. The van der Waals surface area contributed by atoms with Crippen molar-refractivity contribution >= 4 is 28.3 Å². The summed E-state index contributed by atoms with van der Waals surface area (Å²) in [6, 6.07) is 8.37. The van der Waals surface area contributed by atoms with Gasteiger partial charge < -0.3 is 25.0 Å². The van der Waals surface area contributed by atoms with E-state index in [-0.39, 0.29) is 23.9 Å². The average Bonchev–Trinajstić information content (AvgIpc) is 3.04. The van der Waals surface area contributed by atoms with E-state index in [1.165, 1.54) is 6.07 Å². The third-order valence-corrected chi connectivity index (χ3v) is 5.51. The summed E-state index contributed by atoms with van der Waals surface area (Å²) < 4.78 is 5.45. The lowest BCUT2D eigenvalue weighted by atomic mass is 9.71. The zero-order valence-corrected chi connectivity index (χ0v) is 16.2. The molecule has 0 bridgehead atoms. The second kappa shape index (κ2) is 6.51. The van der Waals surface area contributed by atoms with Crippen molar-refractivity contribution in [2.24, 2.45) is 0 Å². The van der Waals surface area contributed by atoms with Gasteiger partial charge in [-0.2, -0.15) is 0 Å². The van der Waals surface area contributed by atoms with Crippen LogP contribution in [0.5, 0.6) is 11.5 Å². The highest BCUT2D eigenvalue weighted by Gasteiger charge is 2.40. The first-order valence-electron chi connectivity index (χ1n) is 8.89. The minimum Gasteiger partial charge on any atom is -0.504 e. The van der Waals surface area contributed by atoms with E-state index < -0.39 is 18.1 Å². The lowest BCUT2D eigenvalue weighted by molar-refractivity contribution is 0.0527. The summed E-state index contributed by atoms with van der Waals surface area (Å²) in [6.45, 7) is 3.35. The monoisotopic (exact) mass is 401 g/mol. The molecule has 146 valence electrons. The molecular formula is C21H20ClNO5. The van der Waals surface area contributed by atoms with Crippen molar-refractivity contribution in [3.63, 3.8) is 0 Å². The third kappa shape index (κ3) is 2.76. The van der Waals surface area contributed by atoms with Crippen LogP contribution in [-0.2, 0) is 5.41 Å². The van der Waals surface area contributed by atoms with Gasteiger partial charge >= 0.3 is 0 Å². The second-order valence-electron chi connectivity index (χ2n) is 7.53. The van der Waals surface area contributed by atoms with E-state index in [1.807, 2.05) is 19.9 Å². The molecule has 7 heteroatoms. The number of halogens is 1. The van der Waals surface area contributed by atoms with Gasteiger partial charge in [0.25, 0.3) is 0 Å². The van der Waals surface area contributed by atoms with Gasteiger partial charge in [0.2, 0.25) is 0 Å². The number of nitrogens with one attached hydrogen (secondary N) is 1. The summed E-state index contributed by atoms with van der Waals surface area (Å²) >= 11 is 6.10. The van der Waals surface area contributed by atoms with Crippen LogP contribution in [0.1, 0.15) is 41.0 Å². The summed E-state index contributed by atoms with van der Waals surface area (Å²) in [5.74, 6) is -0.232. The highest BCUT2D eigenvalue weighted by molar-refractivity contribution is 6.31. The number of ketones is 1. The van der Waals surface area contributed by atoms with Gasteiger partial charge in [0.15, 0.2) is 17.3 Å². The number of aromatic amines is 1. The number of aliphatic hydroxyl groups excluding tert-OH is 2.